The quantitative estimate of drug-likeness (QED) is 0.570. The second-order valence-electron chi connectivity index (χ2n) is 7.64. The Hall–Kier alpha value is -3.36. The van der Waals surface area contributed by atoms with Gasteiger partial charge in [-0.1, -0.05) is 42.5 Å². The molecule has 4 rings (SSSR count). The monoisotopic (exact) mass is 421 g/mol. The van der Waals surface area contributed by atoms with Crippen LogP contribution in [0.1, 0.15) is 11.3 Å². The number of carbonyl (C=O) groups is 1. The number of para-hydroxylation sites is 2. The standard InChI is InChI=1S/C23H27N5O3/c1-17-13-25-23(30)28(17)21-10-6-5-9-20(21)26-22(29)24-14-19-16-27(11-12-31-19)15-18-7-3-2-4-8-18/h2-10,13,19H,11-12,14-16H2,1H3,(H,25,30)(H2,24,26,29). The maximum absolute atomic E-state index is 12.5. The lowest BCUT2D eigenvalue weighted by Gasteiger charge is -2.33. The van der Waals surface area contributed by atoms with E-state index in [4.69, 9.17) is 4.74 Å². The van der Waals surface area contributed by atoms with Crippen LogP contribution in [0, 0.1) is 6.92 Å². The van der Waals surface area contributed by atoms with E-state index < -0.39 is 0 Å². The smallest absolute Gasteiger partial charge is 0.330 e. The maximum atomic E-state index is 12.5. The predicted molar refractivity (Wildman–Crippen MR) is 120 cm³/mol. The number of aryl methyl sites for hydroxylation is 1. The van der Waals surface area contributed by atoms with Gasteiger partial charge in [0.15, 0.2) is 0 Å². The molecule has 2 heterocycles. The van der Waals surface area contributed by atoms with E-state index in [1.54, 1.807) is 18.3 Å². The van der Waals surface area contributed by atoms with Gasteiger partial charge in [0.25, 0.3) is 0 Å². The van der Waals surface area contributed by atoms with Crippen molar-refractivity contribution in [3.05, 3.63) is 82.5 Å². The van der Waals surface area contributed by atoms with Crippen molar-refractivity contribution in [3.8, 4) is 5.69 Å². The van der Waals surface area contributed by atoms with Gasteiger partial charge in [-0.15, -0.1) is 0 Å². The number of urea groups is 1. The van der Waals surface area contributed by atoms with Crippen molar-refractivity contribution in [3.63, 3.8) is 0 Å². The van der Waals surface area contributed by atoms with Gasteiger partial charge in [-0.3, -0.25) is 9.47 Å². The Morgan fingerprint density at radius 1 is 1.16 bits per heavy atom. The van der Waals surface area contributed by atoms with E-state index in [0.717, 1.165) is 25.3 Å². The maximum Gasteiger partial charge on any atom is 0.330 e. The first kappa shape index (κ1) is 20.9. The number of morpholine rings is 1. The van der Waals surface area contributed by atoms with Crippen LogP contribution in [-0.2, 0) is 11.3 Å². The third-order valence-corrected chi connectivity index (χ3v) is 5.32. The molecule has 0 spiro atoms. The third-order valence-electron chi connectivity index (χ3n) is 5.32. The number of ether oxygens (including phenoxy) is 1. The molecule has 8 nitrogen and oxygen atoms in total. The molecule has 162 valence electrons. The number of benzene rings is 2. The van der Waals surface area contributed by atoms with Gasteiger partial charge in [0, 0.05) is 38.1 Å². The number of rotatable bonds is 6. The average Bonchev–Trinajstić information content (AvgIpc) is 3.12. The van der Waals surface area contributed by atoms with Crippen LogP contribution in [0.2, 0.25) is 0 Å². The normalized spacial score (nSPS) is 16.7. The van der Waals surface area contributed by atoms with Crippen LogP contribution in [0.4, 0.5) is 10.5 Å². The summed E-state index contributed by atoms with van der Waals surface area (Å²) in [6.45, 7) is 5.36. The second kappa shape index (κ2) is 9.63. The Bertz CT molecular complexity index is 1080. The zero-order valence-corrected chi connectivity index (χ0v) is 17.5. The summed E-state index contributed by atoms with van der Waals surface area (Å²) in [5.74, 6) is 0. The number of aromatic nitrogens is 2. The van der Waals surface area contributed by atoms with Crippen molar-refractivity contribution >= 4 is 11.7 Å². The summed E-state index contributed by atoms with van der Waals surface area (Å²) in [5.41, 5.74) is 2.94. The molecule has 2 aromatic carbocycles. The molecule has 2 amide bonds. The molecule has 0 aliphatic carbocycles. The molecule has 1 atom stereocenters. The Morgan fingerprint density at radius 3 is 2.71 bits per heavy atom. The SMILES string of the molecule is Cc1c[nH]c(=O)n1-c1ccccc1NC(=O)NCC1CN(Cc2ccccc2)CCO1. The van der Waals surface area contributed by atoms with Crippen molar-refractivity contribution in [2.45, 2.75) is 19.6 Å². The van der Waals surface area contributed by atoms with Crippen LogP contribution in [0.15, 0.2) is 65.6 Å². The molecule has 8 heteroatoms. The van der Waals surface area contributed by atoms with E-state index in [1.807, 2.05) is 37.3 Å². The molecular formula is C23H27N5O3. The Kier molecular flexibility index (Phi) is 6.49. The van der Waals surface area contributed by atoms with Gasteiger partial charge in [-0.05, 0) is 24.6 Å². The number of H-pyrrole nitrogens is 1. The highest BCUT2D eigenvalue weighted by Gasteiger charge is 2.21. The van der Waals surface area contributed by atoms with Crippen LogP contribution < -0.4 is 16.3 Å². The summed E-state index contributed by atoms with van der Waals surface area (Å²) in [6.07, 6.45) is 1.56. The van der Waals surface area contributed by atoms with E-state index in [1.165, 1.54) is 10.1 Å². The molecule has 3 aromatic rings. The number of hydrogen-bond donors (Lipinski definition) is 3. The summed E-state index contributed by atoms with van der Waals surface area (Å²) < 4.78 is 7.36. The molecule has 0 radical (unpaired) electrons. The topological polar surface area (TPSA) is 91.4 Å². The molecule has 0 bridgehead atoms. The minimum atomic E-state index is -0.336. The zero-order chi connectivity index (χ0) is 21.6. The van der Waals surface area contributed by atoms with Crippen molar-refractivity contribution < 1.29 is 9.53 Å². The first-order valence-corrected chi connectivity index (χ1v) is 10.4. The lowest BCUT2D eigenvalue weighted by molar-refractivity contribution is -0.0285. The highest BCUT2D eigenvalue weighted by atomic mass is 16.5. The summed E-state index contributed by atoms with van der Waals surface area (Å²) in [7, 11) is 0. The molecule has 1 fully saturated rings. The first-order valence-electron chi connectivity index (χ1n) is 10.4. The van der Waals surface area contributed by atoms with Gasteiger partial charge in [0.1, 0.15) is 0 Å². The van der Waals surface area contributed by atoms with Crippen molar-refractivity contribution in [2.75, 3.05) is 31.6 Å². The highest BCUT2D eigenvalue weighted by Crippen LogP contribution is 2.19. The molecule has 1 unspecified atom stereocenters. The molecule has 1 saturated heterocycles. The van der Waals surface area contributed by atoms with E-state index in [-0.39, 0.29) is 17.8 Å². The lowest BCUT2D eigenvalue weighted by atomic mass is 10.2. The Labute approximate surface area is 180 Å². The molecule has 3 N–H and O–H groups in total. The number of imidazole rings is 1. The average molecular weight is 422 g/mol. The number of nitrogens with zero attached hydrogens (tertiary/aromatic N) is 2. The molecular weight excluding hydrogens is 394 g/mol. The minimum Gasteiger partial charge on any atom is -0.374 e. The summed E-state index contributed by atoms with van der Waals surface area (Å²) >= 11 is 0. The predicted octanol–water partition coefficient (Wildman–Crippen LogP) is 2.50. The van der Waals surface area contributed by atoms with Gasteiger partial charge in [0.05, 0.1) is 24.1 Å². The number of nitrogens with one attached hydrogen (secondary N) is 3. The van der Waals surface area contributed by atoms with E-state index in [0.29, 0.717) is 24.5 Å². The first-order chi connectivity index (χ1) is 15.1. The number of aromatic amines is 1. The van der Waals surface area contributed by atoms with Crippen molar-refractivity contribution in [2.24, 2.45) is 0 Å². The number of amides is 2. The summed E-state index contributed by atoms with van der Waals surface area (Å²) in [5, 5.41) is 5.74. The van der Waals surface area contributed by atoms with Crippen molar-refractivity contribution in [1.82, 2.24) is 19.8 Å². The van der Waals surface area contributed by atoms with Gasteiger partial charge in [0.2, 0.25) is 0 Å². The molecule has 31 heavy (non-hydrogen) atoms. The van der Waals surface area contributed by atoms with E-state index in [2.05, 4.69) is 32.7 Å². The number of anilines is 1. The van der Waals surface area contributed by atoms with Gasteiger partial charge in [-0.2, -0.15) is 0 Å². The largest absolute Gasteiger partial charge is 0.374 e. The Morgan fingerprint density at radius 2 is 1.94 bits per heavy atom. The third kappa shape index (κ3) is 5.22. The molecule has 1 aromatic heterocycles. The van der Waals surface area contributed by atoms with Crippen LogP contribution in [-0.4, -0.2) is 52.8 Å². The van der Waals surface area contributed by atoms with Crippen LogP contribution in [0.3, 0.4) is 0 Å². The highest BCUT2D eigenvalue weighted by molar-refractivity contribution is 5.91. The summed E-state index contributed by atoms with van der Waals surface area (Å²) in [4.78, 5) is 29.7. The number of hydrogen-bond acceptors (Lipinski definition) is 4. The Balaban J connectivity index is 1.33. The van der Waals surface area contributed by atoms with Crippen LogP contribution in [0.25, 0.3) is 5.69 Å². The van der Waals surface area contributed by atoms with E-state index in [9.17, 15) is 9.59 Å². The van der Waals surface area contributed by atoms with Crippen molar-refractivity contribution in [1.29, 1.82) is 0 Å². The van der Waals surface area contributed by atoms with Crippen LogP contribution >= 0.6 is 0 Å². The number of carbonyl (C=O) groups excluding carboxylic acids is 1. The molecule has 0 saturated carbocycles. The fraction of sp³-hybridized carbons (Fsp3) is 0.304. The van der Waals surface area contributed by atoms with E-state index >= 15 is 0 Å². The fourth-order valence-electron chi connectivity index (χ4n) is 3.79. The summed E-state index contributed by atoms with van der Waals surface area (Å²) in [6, 6.07) is 17.2. The molecule has 1 aliphatic heterocycles. The van der Waals surface area contributed by atoms with Gasteiger partial charge < -0.3 is 20.4 Å². The van der Waals surface area contributed by atoms with Gasteiger partial charge >= 0.3 is 11.7 Å². The zero-order valence-electron chi connectivity index (χ0n) is 17.5. The minimum absolute atomic E-state index is 0.0759. The van der Waals surface area contributed by atoms with Crippen LogP contribution in [0.5, 0.6) is 0 Å². The second-order valence-corrected chi connectivity index (χ2v) is 7.64. The van der Waals surface area contributed by atoms with Gasteiger partial charge in [-0.25, -0.2) is 9.59 Å². The fourth-order valence-corrected chi connectivity index (χ4v) is 3.79. The lowest BCUT2D eigenvalue weighted by Crippen LogP contribution is -2.47. The molecule has 1 aliphatic rings.